The summed E-state index contributed by atoms with van der Waals surface area (Å²) < 4.78 is 7.19. The van der Waals surface area contributed by atoms with Crippen LogP contribution in [0.3, 0.4) is 0 Å². The van der Waals surface area contributed by atoms with Gasteiger partial charge in [0.15, 0.2) is 0 Å². The molecule has 0 radical (unpaired) electrons. The summed E-state index contributed by atoms with van der Waals surface area (Å²) in [6, 6.07) is 5.91. The van der Waals surface area contributed by atoms with E-state index in [0.29, 0.717) is 26.3 Å². The van der Waals surface area contributed by atoms with Gasteiger partial charge in [-0.3, -0.25) is 9.59 Å². The number of piperidine rings is 1. The zero-order valence-corrected chi connectivity index (χ0v) is 16.2. The summed E-state index contributed by atoms with van der Waals surface area (Å²) in [6.07, 6.45) is 4.13. The number of ether oxygens (including phenoxy) is 1. The summed E-state index contributed by atoms with van der Waals surface area (Å²) in [7, 11) is 0. The highest BCUT2D eigenvalue weighted by molar-refractivity contribution is 7.13. The Morgan fingerprint density at radius 3 is 2.70 bits per heavy atom. The molecule has 2 aromatic rings. The zero-order chi connectivity index (χ0) is 18.8. The summed E-state index contributed by atoms with van der Waals surface area (Å²) in [4.78, 5) is 28.8. The first-order chi connectivity index (χ1) is 13.1. The van der Waals surface area contributed by atoms with Gasteiger partial charge in [-0.2, -0.15) is 5.10 Å². The molecule has 2 aliphatic rings. The van der Waals surface area contributed by atoms with Gasteiger partial charge in [-0.15, -0.1) is 11.3 Å². The molecule has 1 N–H and O–H groups in total. The molecule has 0 aliphatic carbocycles. The van der Waals surface area contributed by atoms with Crippen molar-refractivity contribution in [1.82, 2.24) is 14.7 Å². The second-order valence-electron chi connectivity index (χ2n) is 7.14. The normalized spacial score (nSPS) is 20.8. The van der Waals surface area contributed by atoms with Crippen LogP contribution in [-0.4, -0.2) is 52.8 Å². The predicted molar refractivity (Wildman–Crippen MR) is 103 cm³/mol. The van der Waals surface area contributed by atoms with Crippen LogP contribution in [0.5, 0.6) is 0 Å². The quantitative estimate of drug-likeness (QED) is 0.874. The fourth-order valence-electron chi connectivity index (χ4n) is 3.69. The molecule has 0 spiro atoms. The number of nitrogens with zero attached hydrogens (tertiary/aromatic N) is 3. The minimum absolute atomic E-state index is 0.00470. The zero-order valence-electron chi connectivity index (χ0n) is 15.4. The summed E-state index contributed by atoms with van der Waals surface area (Å²) in [5, 5.41) is 7.42. The Hall–Kier alpha value is -2.19. The first-order valence-electron chi connectivity index (χ1n) is 9.39. The minimum atomic E-state index is -0.0814. The van der Waals surface area contributed by atoms with Crippen LogP contribution in [0.1, 0.15) is 39.9 Å². The van der Waals surface area contributed by atoms with Crippen molar-refractivity contribution in [2.75, 3.05) is 31.6 Å². The van der Waals surface area contributed by atoms with E-state index in [0.717, 1.165) is 34.8 Å². The van der Waals surface area contributed by atoms with Gasteiger partial charge >= 0.3 is 0 Å². The second kappa shape index (κ2) is 7.82. The van der Waals surface area contributed by atoms with Crippen molar-refractivity contribution in [1.29, 1.82) is 0 Å². The van der Waals surface area contributed by atoms with Crippen molar-refractivity contribution in [2.24, 2.45) is 5.92 Å². The molecule has 144 valence electrons. The molecule has 2 aromatic heterocycles. The van der Waals surface area contributed by atoms with Gasteiger partial charge in [0.1, 0.15) is 5.82 Å². The maximum atomic E-state index is 12.6. The van der Waals surface area contributed by atoms with E-state index >= 15 is 0 Å². The van der Waals surface area contributed by atoms with E-state index in [1.54, 1.807) is 17.5 Å². The maximum Gasteiger partial charge on any atom is 0.263 e. The van der Waals surface area contributed by atoms with Crippen LogP contribution in [0.4, 0.5) is 5.82 Å². The Kier molecular flexibility index (Phi) is 5.27. The van der Waals surface area contributed by atoms with Crippen molar-refractivity contribution in [3.8, 4) is 0 Å². The number of thiophene rings is 1. The molecular formula is C19H24N4O3S. The molecule has 8 heteroatoms. The monoisotopic (exact) mass is 388 g/mol. The van der Waals surface area contributed by atoms with Crippen LogP contribution >= 0.6 is 11.3 Å². The largest absolute Gasteiger partial charge is 0.381 e. The van der Waals surface area contributed by atoms with Gasteiger partial charge < -0.3 is 15.0 Å². The third kappa shape index (κ3) is 3.91. The van der Waals surface area contributed by atoms with E-state index in [-0.39, 0.29) is 23.8 Å². The molecule has 2 fully saturated rings. The Morgan fingerprint density at radius 1 is 1.22 bits per heavy atom. The molecule has 4 rings (SSSR count). The number of carbonyl (C=O) groups is 2. The van der Waals surface area contributed by atoms with E-state index in [2.05, 4.69) is 10.4 Å². The van der Waals surface area contributed by atoms with Crippen LogP contribution in [0.2, 0.25) is 0 Å². The number of likely N-dealkylation sites (tertiary alicyclic amines) is 1. The molecule has 0 aromatic carbocycles. The Bertz CT molecular complexity index is 817. The average Bonchev–Trinajstić information content (AvgIpc) is 3.43. The lowest BCUT2D eigenvalue weighted by Gasteiger charge is -2.32. The Morgan fingerprint density at radius 2 is 2.04 bits per heavy atom. The van der Waals surface area contributed by atoms with E-state index in [1.807, 2.05) is 34.7 Å². The van der Waals surface area contributed by atoms with Crippen LogP contribution in [0.15, 0.2) is 24.4 Å². The van der Waals surface area contributed by atoms with Gasteiger partial charge in [0, 0.05) is 30.6 Å². The first kappa shape index (κ1) is 18.2. The molecule has 7 nitrogen and oxygen atoms in total. The van der Waals surface area contributed by atoms with Crippen molar-refractivity contribution in [3.05, 3.63) is 34.2 Å². The predicted octanol–water partition coefficient (Wildman–Crippen LogP) is 2.71. The van der Waals surface area contributed by atoms with E-state index < -0.39 is 0 Å². The van der Waals surface area contributed by atoms with Crippen LogP contribution < -0.4 is 5.32 Å². The van der Waals surface area contributed by atoms with Crippen molar-refractivity contribution < 1.29 is 14.3 Å². The molecular weight excluding hydrogens is 364 g/mol. The molecule has 1 unspecified atom stereocenters. The number of hydrogen-bond donors (Lipinski definition) is 1. The minimum Gasteiger partial charge on any atom is -0.381 e. The van der Waals surface area contributed by atoms with Crippen molar-refractivity contribution >= 4 is 29.0 Å². The van der Waals surface area contributed by atoms with Crippen molar-refractivity contribution in [3.63, 3.8) is 0 Å². The molecule has 0 saturated carbocycles. The number of amides is 2. The summed E-state index contributed by atoms with van der Waals surface area (Å²) in [5.41, 5.74) is 0. The Labute approximate surface area is 162 Å². The number of anilines is 1. The average molecular weight is 388 g/mol. The first-order valence-corrected chi connectivity index (χ1v) is 10.2. The van der Waals surface area contributed by atoms with Gasteiger partial charge in [-0.25, -0.2) is 4.68 Å². The fraction of sp³-hybridized carbons (Fsp3) is 0.526. The Balaban J connectivity index is 1.36. The third-order valence-corrected chi connectivity index (χ3v) is 6.26. The number of aryl methyl sites for hydroxylation is 1. The third-order valence-electron chi connectivity index (χ3n) is 5.27. The summed E-state index contributed by atoms with van der Waals surface area (Å²) in [5.74, 6) is 0.754. The van der Waals surface area contributed by atoms with Crippen molar-refractivity contribution in [2.45, 2.75) is 32.2 Å². The highest BCUT2D eigenvalue weighted by atomic mass is 32.1. The highest BCUT2D eigenvalue weighted by Gasteiger charge is 2.28. The van der Waals surface area contributed by atoms with Gasteiger partial charge in [0.2, 0.25) is 5.91 Å². The second-order valence-corrected chi connectivity index (χ2v) is 8.43. The smallest absolute Gasteiger partial charge is 0.263 e. The topological polar surface area (TPSA) is 76.5 Å². The lowest BCUT2D eigenvalue weighted by Crippen LogP contribution is -2.39. The molecule has 2 amide bonds. The number of aromatic nitrogens is 2. The number of hydrogen-bond acceptors (Lipinski definition) is 5. The fourth-order valence-corrected chi connectivity index (χ4v) is 4.53. The van der Waals surface area contributed by atoms with Crippen LogP contribution in [0, 0.1) is 12.8 Å². The highest BCUT2D eigenvalue weighted by Crippen LogP contribution is 2.28. The van der Waals surface area contributed by atoms with E-state index in [4.69, 9.17) is 4.74 Å². The van der Waals surface area contributed by atoms with Gasteiger partial charge in [0.25, 0.3) is 5.91 Å². The molecule has 27 heavy (non-hydrogen) atoms. The standard InChI is InChI=1S/C19H24N4O3S/c1-13-2-3-16(27-13)19(25)22-9-5-15(6-10-22)23-17(4-8-20-23)21-18(24)14-7-11-26-12-14/h2-4,8,14-15H,5-7,9-12H2,1H3,(H,21,24). The van der Waals surface area contributed by atoms with Crippen LogP contribution in [0.25, 0.3) is 0 Å². The SMILES string of the molecule is Cc1ccc(C(=O)N2CCC(n3nccc3NC(=O)C3CCOC3)CC2)s1. The summed E-state index contributed by atoms with van der Waals surface area (Å²) >= 11 is 1.54. The van der Waals surface area contributed by atoms with E-state index in [1.165, 1.54) is 0 Å². The molecule has 1 atom stereocenters. The number of carbonyl (C=O) groups excluding carboxylic acids is 2. The van der Waals surface area contributed by atoms with Gasteiger partial charge in [0.05, 0.1) is 29.6 Å². The number of rotatable bonds is 4. The maximum absolute atomic E-state index is 12.6. The van der Waals surface area contributed by atoms with Gasteiger partial charge in [-0.05, 0) is 38.3 Å². The molecule has 2 saturated heterocycles. The van der Waals surface area contributed by atoms with Gasteiger partial charge in [-0.1, -0.05) is 0 Å². The summed E-state index contributed by atoms with van der Waals surface area (Å²) in [6.45, 7) is 4.55. The number of nitrogens with one attached hydrogen (secondary N) is 1. The molecule has 4 heterocycles. The molecule has 2 aliphatic heterocycles. The van der Waals surface area contributed by atoms with E-state index in [9.17, 15) is 9.59 Å². The lowest BCUT2D eigenvalue weighted by atomic mass is 10.0. The van der Waals surface area contributed by atoms with Crippen LogP contribution in [-0.2, 0) is 9.53 Å². The lowest BCUT2D eigenvalue weighted by molar-refractivity contribution is -0.119. The molecule has 0 bridgehead atoms.